The molecule has 1 saturated heterocycles. The SMILES string of the molecule is Cc1cc(-c2cc3c(cc2Nc2cccc4c2C(=O)N(C2CCC(=O)NC2=O)C4=O)c(C)nn3C)ccn1. The Kier molecular flexibility index (Phi) is 5.34. The second-order valence-electron chi connectivity index (χ2n) is 9.61. The molecule has 0 saturated carbocycles. The van der Waals surface area contributed by atoms with E-state index in [4.69, 9.17) is 0 Å². The second kappa shape index (κ2) is 8.62. The lowest BCUT2D eigenvalue weighted by atomic mass is 10.00. The standard InChI is InChI=1S/C28H24N6O4/c1-14-11-16(9-10-29-14)19-13-23-18(15(2)32-33(23)3)12-21(19)30-20-6-4-5-17-25(20)28(38)34(27(17)37)22-7-8-24(35)31-26(22)36/h4-6,9-13,22,30H,7-8H2,1-3H3,(H,31,35,36). The van der Waals surface area contributed by atoms with Crippen LogP contribution in [0.5, 0.6) is 0 Å². The first kappa shape index (κ1) is 23.5. The van der Waals surface area contributed by atoms with Gasteiger partial charge in [0.2, 0.25) is 11.8 Å². The van der Waals surface area contributed by atoms with Crippen LogP contribution in [0.2, 0.25) is 0 Å². The number of aromatic nitrogens is 3. The summed E-state index contributed by atoms with van der Waals surface area (Å²) in [6.07, 6.45) is 1.91. The zero-order valence-electron chi connectivity index (χ0n) is 21.0. The largest absolute Gasteiger partial charge is 0.354 e. The van der Waals surface area contributed by atoms with E-state index in [0.29, 0.717) is 5.69 Å². The van der Waals surface area contributed by atoms with Gasteiger partial charge in [-0.25, -0.2) is 0 Å². The number of carbonyl (C=O) groups is 4. The van der Waals surface area contributed by atoms with Gasteiger partial charge in [-0.15, -0.1) is 0 Å². The number of imide groups is 2. The highest BCUT2D eigenvalue weighted by Gasteiger charge is 2.45. The lowest BCUT2D eigenvalue weighted by molar-refractivity contribution is -0.136. The molecule has 2 N–H and O–H groups in total. The number of aryl methyl sites for hydroxylation is 3. The Morgan fingerprint density at radius 2 is 1.79 bits per heavy atom. The molecule has 4 heterocycles. The molecule has 0 spiro atoms. The third-order valence-corrected chi connectivity index (χ3v) is 7.12. The third-order valence-electron chi connectivity index (χ3n) is 7.12. The fraction of sp³-hybridized carbons (Fsp3) is 0.214. The van der Waals surface area contributed by atoms with Crippen LogP contribution in [0.3, 0.4) is 0 Å². The number of hydrogen-bond donors (Lipinski definition) is 2. The van der Waals surface area contributed by atoms with Crippen molar-refractivity contribution < 1.29 is 19.2 Å². The molecule has 190 valence electrons. The summed E-state index contributed by atoms with van der Waals surface area (Å²) in [6.45, 7) is 3.85. The molecule has 0 bridgehead atoms. The minimum absolute atomic E-state index is 0.0636. The molecule has 0 radical (unpaired) electrons. The number of rotatable bonds is 4. The monoisotopic (exact) mass is 508 g/mol. The Labute approximate surface area is 217 Å². The number of pyridine rings is 1. The molecule has 1 fully saturated rings. The smallest absolute Gasteiger partial charge is 0.264 e. The van der Waals surface area contributed by atoms with Crippen LogP contribution in [-0.4, -0.2) is 49.3 Å². The van der Waals surface area contributed by atoms with Crippen LogP contribution in [-0.2, 0) is 16.6 Å². The number of nitrogens with zero attached hydrogens (tertiary/aromatic N) is 4. The maximum Gasteiger partial charge on any atom is 0.264 e. The average molecular weight is 509 g/mol. The molecule has 4 amide bonds. The Hall–Kier alpha value is -4.86. The van der Waals surface area contributed by atoms with E-state index in [1.54, 1.807) is 24.4 Å². The Morgan fingerprint density at radius 1 is 0.974 bits per heavy atom. The molecule has 10 heteroatoms. The zero-order valence-corrected chi connectivity index (χ0v) is 21.0. The molecular formula is C28H24N6O4. The first-order chi connectivity index (χ1) is 18.2. The molecule has 2 aromatic heterocycles. The van der Waals surface area contributed by atoms with Crippen molar-refractivity contribution in [2.24, 2.45) is 7.05 Å². The lowest BCUT2D eigenvalue weighted by Gasteiger charge is -2.27. The molecule has 0 aliphatic carbocycles. The highest BCUT2D eigenvalue weighted by Crippen LogP contribution is 2.38. The number of anilines is 2. The van der Waals surface area contributed by atoms with Crippen LogP contribution in [0.25, 0.3) is 22.0 Å². The van der Waals surface area contributed by atoms with Crippen LogP contribution >= 0.6 is 0 Å². The summed E-state index contributed by atoms with van der Waals surface area (Å²) in [6, 6.07) is 11.9. The lowest BCUT2D eigenvalue weighted by Crippen LogP contribution is -2.54. The van der Waals surface area contributed by atoms with Gasteiger partial charge in [0.15, 0.2) is 0 Å². The summed E-state index contributed by atoms with van der Waals surface area (Å²) in [7, 11) is 1.89. The predicted molar refractivity (Wildman–Crippen MR) is 140 cm³/mol. The van der Waals surface area contributed by atoms with Crippen LogP contribution in [0.4, 0.5) is 11.4 Å². The van der Waals surface area contributed by atoms with Gasteiger partial charge in [-0.05, 0) is 62.2 Å². The molecule has 2 aliphatic rings. The maximum atomic E-state index is 13.6. The van der Waals surface area contributed by atoms with E-state index in [0.717, 1.165) is 44.0 Å². The van der Waals surface area contributed by atoms with Crippen molar-refractivity contribution in [1.82, 2.24) is 25.0 Å². The van der Waals surface area contributed by atoms with E-state index in [-0.39, 0.29) is 24.0 Å². The number of amides is 4. The number of benzene rings is 2. The Balaban J connectivity index is 1.46. The van der Waals surface area contributed by atoms with E-state index in [9.17, 15) is 19.2 Å². The van der Waals surface area contributed by atoms with Crippen molar-refractivity contribution in [3.05, 3.63) is 71.2 Å². The topological polar surface area (TPSA) is 126 Å². The Morgan fingerprint density at radius 3 is 2.55 bits per heavy atom. The molecule has 2 aromatic carbocycles. The normalized spacial score (nSPS) is 17.2. The fourth-order valence-electron chi connectivity index (χ4n) is 5.30. The molecule has 38 heavy (non-hydrogen) atoms. The van der Waals surface area contributed by atoms with Gasteiger partial charge in [0.1, 0.15) is 6.04 Å². The summed E-state index contributed by atoms with van der Waals surface area (Å²) >= 11 is 0. The summed E-state index contributed by atoms with van der Waals surface area (Å²) < 4.78 is 1.83. The molecular weight excluding hydrogens is 484 g/mol. The van der Waals surface area contributed by atoms with Gasteiger partial charge in [0, 0.05) is 42.0 Å². The van der Waals surface area contributed by atoms with Gasteiger partial charge in [-0.3, -0.25) is 39.1 Å². The molecule has 1 unspecified atom stereocenters. The molecule has 2 aliphatic heterocycles. The van der Waals surface area contributed by atoms with Crippen LogP contribution < -0.4 is 10.6 Å². The molecule has 10 nitrogen and oxygen atoms in total. The van der Waals surface area contributed by atoms with Crippen LogP contribution in [0.1, 0.15) is 44.9 Å². The minimum atomic E-state index is -1.03. The van der Waals surface area contributed by atoms with Crippen molar-refractivity contribution in [3.8, 4) is 11.1 Å². The zero-order chi connectivity index (χ0) is 26.7. The fourth-order valence-corrected chi connectivity index (χ4v) is 5.30. The molecule has 1 atom stereocenters. The van der Waals surface area contributed by atoms with E-state index in [1.807, 2.05) is 49.8 Å². The van der Waals surface area contributed by atoms with E-state index < -0.39 is 29.7 Å². The van der Waals surface area contributed by atoms with Gasteiger partial charge in [-0.1, -0.05) is 6.07 Å². The van der Waals surface area contributed by atoms with Crippen molar-refractivity contribution in [1.29, 1.82) is 0 Å². The summed E-state index contributed by atoms with van der Waals surface area (Å²) in [5.74, 6) is -2.17. The van der Waals surface area contributed by atoms with Crippen molar-refractivity contribution in [2.45, 2.75) is 32.7 Å². The highest BCUT2D eigenvalue weighted by atomic mass is 16.2. The maximum absolute atomic E-state index is 13.6. The molecule has 4 aromatic rings. The van der Waals surface area contributed by atoms with Crippen LogP contribution in [0.15, 0.2) is 48.7 Å². The van der Waals surface area contributed by atoms with E-state index >= 15 is 0 Å². The quantitative estimate of drug-likeness (QED) is 0.405. The van der Waals surface area contributed by atoms with E-state index in [1.165, 1.54) is 0 Å². The van der Waals surface area contributed by atoms with Crippen molar-refractivity contribution in [2.75, 3.05) is 5.32 Å². The van der Waals surface area contributed by atoms with Gasteiger partial charge >= 0.3 is 0 Å². The summed E-state index contributed by atoms with van der Waals surface area (Å²) in [5.41, 5.74) is 6.06. The number of hydrogen-bond acceptors (Lipinski definition) is 7. The number of fused-ring (bicyclic) bond motifs is 2. The summed E-state index contributed by atoms with van der Waals surface area (Å²) in [4.78, 5) is 56.3. The van der Waals surface area contributed by atoms with Crippen LogP contribution in [0, 0.1) is 13.8 Å². The minimum Gasteiger partial charge on any atom is -0.354 e. The Bertz CT molecular complexity index is 1710. The second-order valence-corrected chi connectivity index (χ2v) is 9.61. The summed E-state index contributed by atoms with van der Waals surface area (Å²) in [5, 5.41) is 11.1. The molecule has 6 rings (SSSR count). The predicted octanol–water partition coefficient (Wildman–Crippen LogP) is 3.40. The first-order valence-electron chi connectivity index (χ1n) is 12.2. The van der Waals surface area contributed by atoms with Crippen molar-refractivity contribution >= 4 is 45.9 Å². The van der Waals surface area contributed by atoms with Crippen molar-refractivity contribution in [3.63, 3.8) is 0 Å². The third kappa shape index (κ3) is 3.64. The van der Waals surface area contributed by atoms with Gasteiger partial charge in [0.05, 0.1) is 28.0 Å². The number of nitrogens with one attached hydrogen (secondary N) is 2. The van der Waals surface area contributed by atoms with Gasteiger partial charge in [-0.2, -0.15) is 5.10 Å². The van der Waals surface area contributed by atoms with Gasteiger partial charge in [0.25, 0.3) is 11.8 Å². The first-order valence-corrected chi connectivity index (χ1v) is 12.2. The number of piperidine rings is 1. The van der Waals surface area contributed by atoms with E-state index in [2.05, 4.69) is 20.7 Å². The van der Waals surface area contributed by atoms with Gasteiger partial charge < -0.3 is 5.32 Å². The highest BCUT2D eigenvalue weighted by molar-refractivity contribution is 6.25. The number of carbonyl (C=O) groups excluding carboxylic acids is 4. The average Bonchev–Trinajstić information content (AvgIpc) is 3.30.